The number of nitrogens with zero attached hydrogens (tertiary/aromatic N) is 2. The van der Waals surface area contributed by atoms with Gasteiger partial charge in [0.15, 0.2) is 6.04 Å². The van der Waals surface area contributed by atoms with Crippen LogP contribution in [0.2, 0.25) is 0 Å². The molecule has 2 aromatic heterocycles. The van der Waals surface area contributed by atoms with E-state index < -0.39 is 12.0 Å². The fourth-order valence-corrected chi connectivity index (χ4v) is 2.71. The average molecular weight is 285 g/mol. The van der Waals surface area contributed by atoms with E-state index in [2.05, 4.69) is 15.3 Å². The molecule has 0 saturated heterocycles. The van der Waals surface area contributed by atoms with Gasteiger partial charge in [-0.2, -0.15) is 0 Å². The van der Waals surface area contributed by atoms with Crippen LogP contribution in [0.25, 0.3) is 10.2 Å². The molecule has 0 fully saturated rings. The van der Waals surface area contributed by atoms with Crippen molar-refractivity contribution in [1.82, 2.24) is 9.97 Å². The Morgan fingerprint density at radius 1 is 1.20 bits per heavy atom. The van der Waals surface area contributed by atoms with Gasteiger partial charge in [-0.15, -0.1) is 11.3 Å². The van der Waals surface area contributed by atoms with E-state index in [-0.39, 0.29) is 0 Å². The van der Waals surface area contributed by atoms with Crippen molar-refractivity contribution in [1.29, 1.82) is 0 Å². The molecule has 5 nitrogen and oxygen atoms in total. The molecular weight excluding hydrogens is 274 g/mol. The summed E-state index contributed by atoms with van der Waals surface area (Å²) in [5.41, 5.74) is 0.682. The van der Waals surface area contributed by atoms with Crippen LogP contribution in [0, 0.1) is 0 Å². The highest BCUT2D eigenvalue weighted by atomic mass is 32.1. The maximum atomic E-state index is 11.5. The molecule has 2 N–H and O–H groups in total. The van der Waals surface area contributed by atoms with Gasteiger partial charge in [0.1, 0.15) is 17.0 Å². The molecule has 1 unspecified atom stereocenters. The number of hydrogen-bond acceptors (Lipinski definition) is 5. The number of benzene rings is 1. The van der Waals surface area contributed by atoms with Gasteiger partial charge in [-0.1, -0.05) is 30.3 Å². The van der Waals surface area contributed by atoms with Gasteiger partial charge in [-0.05, 0) is 17.0 Å². The molecular formula is C14H11N3O2S. The summed E-state index contributed by atoms with van der Waals surface area (Å²) in [4.78, 5) is 20.6. The summed E-state index contributed by atoms with van der Waals surface area (Å²) in [5.74, 6) is -0.411. The minimum atomic E-state index is -0.946. The normalized spacial score (nSPS) is 12.2. The van der Waals surface area contributed by atoms with Gasteiger partial charge >= 0.3 is 5.97 Å². The van der Waals surface area contributed by atoms with E-state index in [1.165, 1.54) is 17.7 Å². The topological polar surface area (TPSA) is 75.1 Å². The van der Waals surface area contributed by atoms with Crippen LogP contribution >= 0.6 is 11.3 Å². The Labute approximate surface area is 118 Å². The second kappa shape index (κ2) is 5.26. The number of carboxylic acids is 1. The van der Waals surface area contributed by atoms with Crippen LogP contribution in [0.5, 0.6) is 0 Å². The Morgan fingerprint density at radius 3 is 2.75 bits per heavy atom. The van der Waals surface area contributed by atoms with E-state index in [1.54, 1.807) is 12.1 Å². The number of carbonyl (C=O) groups is 1. The standard InChI is InChI=1S/C14H11N3O2S/c18-14(19)11(9-4-2-1-3-5-9)17-12-10-6-7-20-13(10)16-8-15-12/h1-8,11H,(H,18,19)(H,15,16,17). The highest BCUT2D eigenvalue weighted by Crippen LogP contribution is 2.27. The molecule has 0 saturated carbocycles. The number of aliphatic carboxylic acids is 1. The van der Waals surface area contributed by atoms with E-state index in [4.69, 9.17) is 0 Å². The molecule has 3 aromatic rings. The zero-order valence-electron chi connectivity index (χ0n) is 10.4. The maximum absolute atomic E-state index is 11.5. The number of aromatic nitrogens is 2. The van der Waals surface area contributed by atoms with Crippen LogP contribution in [-0.2, 0) is 4.79 Å². The van der Waals surface area contributed by atoms with Crippen molar-refractivity contribution in [2.24, 2.45) is 0 Å². The minimum absolute atomic E-state index is 0.535. The molecule has 0 spiro atoms. The van der Waals surface area contributed by atoms with E-state index in [1.807, 2.05) is 29.6 Å². The molecule has 0 radical (unpaired) electrons. The number of hydrogen-bond donors (Lipinski definition) is 2. The number of carboxylic acid groups (broad SMARTS) is 1. The van der Waals surface area contributed by atoms with Crippen LogP contribution in [0.1, 0.15) is 11.6 Å². The van der Waals surface area contributed by atoms with E-state index in [0.29, 0.717) is 11.4 Å². The van der Waals surface area contributed by atoms with Gasteiger partial charge in [0.2, 0.25) is 0 Å². The first-order valence-corrected chi connectivity index (χ1v) is 6.86. The summed E-state index contributed by atoms with van der Waals surface area (Å²) >= 11 is 1.49. The van der Waals surface area contributed by atoms with Crippen molar-refractivity contribution < 1.29 is 9.90 Å². The maximum Gasteiger partial charge on any atom is 0.330 e. The quantitative estimate of drug-likeness (QED) is 0.771. The monoisotopic (exact) mass is 285 g/mol. The summed E-state index contributed by atoms with van der Waals surface area (Å²) in [7, 11) is 0. The Balaban J connectivity index is 1.99. The molecule has 3 rings (SSSR count). The first kappa shape index (κ1) is 12.6. The molecule has 100 valence electrons. The van der Waals surface area contributed by atoms with E-state index >= 15 is 0 Å². The van der Waals surface area contributed by atoms with Crippen LogP contribution in [-0.4, -0.2) is 21.0 Å². The van der Waals surface area contributed by atoms with Gasteiger partial charge in [0.25, 0.3) is 0 Å². The molecule has 20 heavy (non-hydrogen) atoms. The summed E-state index contributed by atoms with van der Waals surface area (Å²) in [6.45, 7) is 0. The number of fused-ring (bicyclic) bond motifs is 1. The first-order valence-electron chi connectivity index (χ1n) is 5.98. The van der Waals surface area contributed by atoms with Crippen LogP contribution < -0.4 is 5.32 Å². The Morgan fingerprint density at radius 2 is 2.00 bits per heavy atom. The minimum Gasteiger partial charge on any atom is -0.479 e. The predicted octanol–water partition coefficient (Wildman–Crippen LogP) is 2.93. The predicted molar refractivity (Wildman–Crippen MR) is 77.9 cm³/mol. The smallest absolute Gasteiger partial charge is 0.330 e. The molecule has 0 aliphatic heterocycles. The molecule has 0 aliphatic rings. The van der Waals surface area contributed by atoms with Crippen molar-refractivity contribution >= 4 is 33.3 Å². The lowest BCUT2D eigenvalue weighted by Gasteiger charge is -2.15. The number of nitrogens with one attached hydrogen (secondary N) is 1. The van der Waals surface area contributed by atoms with Crippen LogP contribution in [0.15, 0.2) is 48.1 Å². The largest absolute Gasteiger partial charge is 0.479 e. The molecule has 0 aliphatic carbocycles. The number of thiophene rings is 1. The van der Waals surface area contributed by atoms with Gasteiger partial charge in [-0.3, -0.25) is 0 Å². The molecule has 1 atom stereocenters. The van der Waals surface area contributed by atoms with Crippen LogP contribution in [0.3, 0.4) is 0 Å². The SMILES string of the molecule is O=C(O)C(Nc1ncnc2sccc12)c1ccccc1. The zero-order chi connectivity index (χ0) is 13.9. The summed E-state index contributed by atoms with van der Waals surface area (Å²) in [5, 5.41) is 15.1. The fourth-order valence-electron chi connectivity index (χ4n) is 1.97. The van der Waals surface area contributed by atoms with Crippen molar-refractivity contribution in [2.45, 2.75) is 6.04 Å². The molecule has 0 amide bonds. The lowest BCUT2D eigenvalue weighted by atomic mass is 10.1. The summed E-state index contributed by atoms with van der Waals surface area (Å²) < 4.78 is 0. The second-order valence-electron chi connectivity index (χ2n) is 4.19. The highest BCUT2D eigenvalue weighted by Gasteiger charge is 2.20. The highest BCUT2D eigenvalue weighted by molar-refractivity contribution is 7.16. The van der Waals surface area contributed by atoms with E-state index in [0.717, 1.165) is 10.2 Å². The van der Waals surface area contributed by atoms with Crippen LogP contribution in [0.4, 0.5) is 5.82 Å². The van der Waals surface area contributed by atoms with Crippen molar-refractivity contribution in [2.75, 3.05) is 5.32 Å². The van der Waals surface area contributed by atoms with Gasteiger partial charge < -0.3 is 10.4 Å². The van der Waals surface area contributed by atoms with Gasteiger partial charge in [0, 0.05) is 0 Å². The Bertz CT molecular complexity index is 742. The van der Waals surface area contributed by atoms with E-state index in [9.17, 15) is 9.90 Å². The first-order chi connectivity index (χ1) is 9.75. The lowest BCUT2D eigenvalue weighted by molar-refractivity contribution is -0.138. The zero-order valence-corrected chi connectivity index (χ0v) is 11.2. The summed E-state index contributed by atoms with van der Waals surface area (Å²) in [6.07, 6.45) is 1.44. The third-order valence-corrected chi connectivity index (χ3v) is 3.74. The third kappa shape index (κ3) is 2.33. The average Bonchev–Trinajstić information content (AvgIpc) is 2.94. The number of rotatable bonds is 4. The third-order valence-electron chi connectivity index (χ3n) is 2.92. The fraction of sp³-hybridized carbons (Fsp3) is 0.0714. The Kier molecular flexibility index (Phi) is 3.30. The second-order valence-corrected chi connectivity index (χ2v) is 5.08. The van der Waals surface area contributed by atoms with Gasteiger partial charge in [0.05, 0.1) is 5.39 Å². The molecule has 6 heteroatoms. The summed E-state index contributed by atoms with van der Waals surface area (Å²) in [6, 6.07) is 10.1. The molecule has 2 heterocycles. The van der Waals surface area contributed by atoms with Crippen molar-refractivity contribution in [3.8, 4) is 0 Å². The Hall–Kier alpha value is -2.47. The number of anilines is 1. The molecule has 1 aromatic carbocycles. The molecule has 0 bridgehead atoms. The lowest BCUT2D eigenvalue weighted by Crippen LogP contribution is -2.21. The van der Waals surface area contributed by atoms with Gasteiger partial charge in [-0.25, -0.2) is 14.8 Å². The van der Waals surface area contributed by atoms with Crippen molar-refractivity contribution in [3.63, 3.8) is 0 Å². The van der Waals surface area contributed by atoms with Crippen molar-refractivity contribution in [3.05, 3.63) is 53.7 Å².